The minimum atomic E-state index is 0.357. The van der Waals surface area contributed by atoms with E-state index in [0.717, 1.165) is 5.56 Å². The molecule has 1 aromatic carbocycles. The molecule has 0 unspecified atom stereocenters. The summed E-state index contributed by atoms with van der Waals surface area (Å²) in [6.07, 6.45) is 0.711. The fourth-order valence-corrected chi connectivity index (χ4v) is 1.82. The third-order valence-corrected chi connectivity index (χ3v) is 2.93. The van der Waals surface area contributed by atoms with E-state index in [1.54, 1.807) is 6.07 Å². The molecule has 1 heterocycles. The first-order chi connectivity index (χ1) is 8.69. The Morgan fingerprint density at radius 2 is 1.94 bits per heavy atom. The predicted molar refractivity (Wildman–Crippen MR) is 72.2 cm³/mol. The van der Waals surface area contributed by atoms with Gasteiger partial charge < -0.3 is 4.74 Å². The standard InChI is InChI=1S/C13H12Cl2N2O/c1-2-12-16-11(15)7-13(17-12)18-8-9-5-3-4-6-10(9)14/h3-7H,2,8H2,1H3. The lowest BCUT2D eigenvalue weighted by atomic mass is 10.2. The van der Waals surface area contributed by atoms with Gasteiger partial charge in [0, 0.05) is 23.1 Å². The second kappa shape index (κ2) is 6.03. The zero-order valence-corrected chi connectivity index (χ0v) is 11.4. The molecule has 0 radical (unpaired) electrons. The maximum Gasteiger partial charge on any atom is 0.218 e. The Hall–Kier alpha value is -1.32. The lowest BCUT2D eigenvalue weighted by molar-refractivity contribution is 0.292. The zero-order valence-electron chi connectivity index (χ0n) is 9.86. The van der Waals surface area contributed by atoms with Crippen LogP contribution in [0.5, 0.6) is 5.88 Å². The van der Waals surface area contributed by atoms with E-state index in [0.29, 0.717) is 34.9 Å². The maximum absolute atomic E-state index is 6.04. The third kappa shape index (κ3) is 3.34. The molecular formula is C13H12Cl2N2O. The van der Waals surface area contributed by atoms with Gasteiger partial charge in [-0.15, -0.1) is 0 Å². The highest BCUT2D eigenvalue weighted by Gasteiger charge is 2.05. The van der Waals surface area contributed by atoms with Crippen molar-refractivity contribution in [2.24, 2.45) is 0 Å². The lowest BCUT2D eigenvalue weighted by Gasteiger charge is -2.08. The highest BCUT2D eigenvalue weighted by molar-refractivity contribution is 6.31. The van der Waals surface area contributed by atoms with E-state index in [2.05, 4.69) is 9.97 Å². The van der Waals surface area contributed by atoms with Crippen molar-refractivity contribution in [3.8, 4) is 5.88 Å². The van der Waals surface area contributed by atoms with Crippen LogP contribution in [0.25, 0.3) is 0 Å². The normalized spacial score (nSPS) is 10.4. The highest BCUT2D eigenvalue weighted by atomic mass is 35.5. The predicted octanol–water partition coefficient (Wildman–Crippen LogP) is 3.92. The van der Waals surface area contributed by atoms with Crippen LogP contribution in [0, 0.1) is 0 Å². The summed E-state index contributed by atoms with van der Waals surface area (Å²) in [5.41, 5.74) is 0.909. The number of hydrogen-bond donors (Lipinski definition) is 0. The van der Waals surface area contributed by atoms with Crippen LogP contribution in [0.3, 0.4) is 0 Å². The van der Waals surface area contributed by atoms with Gasteiger partial charge in [0.2, 0.25) is 5.88 Å². The molecule has 5 heteroatoms. The van der Waals surface area contributed by atoms with Gasteiger partial charge in [-0.05, 0) is 6.07 Å². The van der Waals surface area contributed by atoms with Crippen LogP contribution < -0.4 is 4.74 Å². The quantitative estimate of drug-likeness (QED) is 0.797. The summed E-state index contributed by atoms with van der Waals surface area (Å²) in [5.74, 6) is 1.13. The SMILES string of the molecule is CCc1nc(Cl)cc(OCc2ccccc2Cl)n1. The minimum Gasteiger partial charge on any atom is -0.473 e. The Bertz CT molecular complexity index is 546. The Morgan fingerprint density at radius 1 is 1.17 bits per heavy atom. The van der Waals surface area contributed by atoms with Crippen LogP contribution in [-0.2, 0) is 13.0 Å². The Balaban J connectivity index is 2.11. The number of benzene rings is 1. The first-order valence-electron chi connectivity index (χ1n) is 5.58. The van der Waals surface area contributed by atoms with E-state index < -0.39 is 0 Å². The summed E-state index contributed by atoms with van der Waals surface area (Å²) in [6, 6.07) is 9.12. The molecular weight excluding hydrogens is 271 g/mol. The van der Waals surface area contributed by atoms with Gasteiger partial charge in [-0.3, -0.25) is 0 Å². The van der Waals surface area contributed by atoms with Gasteiger partial charge in [0.1, 0.15) is 17.6 Å². The molecule has 94 valence electrons. The first-order valence-corrected chi connectivity index (χ1v) is 6.34. The number of hydrogen-bond acceptors (Lipinski definition) is 3. The Labute approximate surface area is 116 Å². The lowest BCUT2D eigenvalue weighted by Crippen LogP contribution is -2.01. The molecule has 0 saturated carbocycles. The number of aromatic nitrogens is 2. The van der Waals surface area contributed by atoms with Gasteiger partial charge in [0.15, 0.2) is 0 Å². The average Bonchev–Trinajstić information content (AvgIpc) is 2.37. The van der Waals surface area contributed by atoms with Crippen molar-refractivity contribution in [3.05, 3.63) is 51.9 Å². The molecule has 0 aliphatic heterocycles. The van der Waals surface area contributed by atoms with Gasteiger partial charge >= 0.3 is 0 Å². The molecule has 2 rings (SSSR count). The monoisotopic (exact) mass is 282 g/mol. The van der Waals surface area contributed by atoms with Gasteiger partial charge in [-0.2, -0.15) is 4.98 Å². The van der Waals surface area contributed by atoms with Crippen molar-refractivity contribution in [1.82, 2.24) is 9.97 Å². The maximum atomic E-state index is 6.04. The third-order valence-electron chi connectivity index (χ3n) is 2.37. The topological polar surface area (TPSA) is 35.0 Å². The van der Waals surface area contributed by atoms with Crippen LogP contribution in [0.4, 0.5) is 0 Å². The molecule has 0 spiro atoms. The molecule has 2 aromatic rings. The number of aryl methyl sites for hydroxylation is 1. The number of halogens is 2. The van der Waals surface area contributed by atoms with Crippen molar-refractivity contribution in [3.63, 3.8) is 0 Å². The first kappa shape index (κ1) is 13.1. The zero-order chi connectivity index (χ0) is 13.0. The number of rotatable bonds is 4. The summed E-state index contributed by atoms with van der Waals surface area (Å²) in [7, 11) is 0. The van der Waals surface area contributed by atoms with E-state index in [-0.39, 0.29) is 0 Å². The molecule has 0 amide bonds. The van der Waals surface area contributed by atoms with Crippen molar-refractivity contribution < 1.29 is 4.74 Å². The fourth-order valence-electron chi connectivity index (χ4n) is 1.44. The second-order valence-corrected chi connectivity index (χ2v) is 4.47. The smallest absolute Gasteiger partial charge is 0.218 e. The molecule has 0 N–H and O–H groups in total. The van der Waals surface area contributed by atoms with Gasteiger partial charge in [0.25, 0.3) is 0 Å². The van der Waals surface area contributed by atoms with E-state index in [4.69, 9.17) is 27.9 Å². The van der Waals surface area contributed by atoms with Crippen LogP contribution in [0.15, 0.2) is 30.3 Å². The van der Waals surface area contributed by atoms with Crippen molar-refractivity contribution in [2.75, 3.05) is 0 Å². The van der Waals surface area contributed by atoms with Crippen molar-refractivity contribution >= 4 is 23.2 Å². The molecule has 0 bridgehead atoms. The van der Waals surface area contributed by atoms with E-state index in [1.165, 1.54) is 0 Å². The van der Waals surface area contributed by atoms with Gasteiger partial charge in [-0.1, -0.05) is 48.3 Å². The molecule has 3 nitrogen and oxygen atoms in total. The number of nitrogens with zero attached hydrogens (tertiary/aromatic N) is 2. The van der Waals surface area contributed by atoms with E-state index in [9.17, 15) is 0 Å². The average molecular weight is 283 g/mol. The Morgan fingerprint density at radius 3 is 2.67 bits per heavy atom. The molecule has 0 aliphatic rings. The van der Waals surface area contributed by atoms with E-state index in [1.807, 2.05) is 31.2 Å². The summed E-state index contributed by atoms with van der Waals surface area (Å²) < 4.78 is 5.58. The summed E-state index contributed by atoms with van der Waals surface area (Å²) >= 11 is 11.9. The van der Waals surface area contributed by atoms with Gasteiger partial charge in [-0.25, -0.2) is 4.98 Å². The summed E-state index contributed by atoms with van der Waals surface area (Å²) in [5, 5.41) is 1.06. The van der Waals surface area contributed by atoms with Crippen LogP contribution in [-0.4, -0.2) is 9.97 Å². The second-order valence-electron chi connectivity index (χ2n) is 3.68. The molecule has 1 aromatic heterocycles. The summed E-state index contributed by atoms with van der Waals surface area (Å²) in [6.45, 7) is 2.32. The molecule has 0 aliphatic carbocycles. The molecule has 0 atom stereocenters. The largest absolute Gasteiger partial charge is 0.473 e. The van der Waals surface area contributed by atoms with Crippen molar-refractivity contribution in [2.45, 2.75) is 20.0 Å². The van der Waals surface area contributed by atoms with E-state index >= 15 is 0 Å². The molecule has 0 fully saturated rings. The van der Waals surface area contributed by atoms with Crippen LogP contribution in [0.1, 0.15) is 18.3 Å². The van der Waals surface area contributed by atoms with Crippen LogP contribution >= 0.6 is 23.2 Å². The fraction of sp³-hybridized carbons (Fsp3) is 0.231. The number of ether oxygens (including phenoxy) is 1. The highest BCUT2D eigenvalue weighted by Crippen LogP contribution is 2.19. The van der Waals surface area contributed by atoms with Crippen LogP contribution in [0.2, 0.25) is 10.2 Å². The minimum absolute atomic E-state index is 0.357. The van der Waals surface area contributed by atoms with Crippen molar-refractivity contribution in [1.29, 1.82) is 0 Å². The molecule has 18 heavy (non-hydrogen) atoms. The summed E-state index contributed by atoms with van der Waals surface area (Å²) in [4.78, 5) is 8.31. The Kier molecular flexibility index (Phi) is 4.39. The molecule has 0 saturated heterocycles. The van der Waals surface area contributed by atoms with Gasteiger partial charge in [0.05, 0.1) is 0 Å².